The van der Waals surface area contributed by atoms with Crippen LogP contribution in [0.1, 0.15) is 27.0 Å². The number of pyridine rings is 1. The minimum atomic E-state index is -4.53. The second-order valence-electron chi connectivity index (χ2n) is 6.23. The monoisotopic (exact) mass is 375 g/mol. The van der Waals surface area contributed by atoms with Crippen molar-refractivity contribution in [3.63, 3.8) is 0 Å². The summed E-state index contributed by atoms with van der Waals surface area (Å²) >= 11 is 0. The number of carbonyl (C=O) groups excluding carboxylic acids is 1. The van der Waals surface area contributed by atoms with Crippen molar-refractivity contribution in [3.05, 3.63) is 81.4 Å². The third-order valence-electron chi connectivity index (χ3n) is 4.16. The van der Waals surface area contributed by atoms with Gasteiger partial charge in [-0.25, -0.2) is 4.98 Å². The minimum Gasteiger partial charge on any atom is -0.337 e. The average molecular weight is 375 g/mol. The van der Waals surface area contributed by atoms with E-state index >= 15 is 0 Å². The molecule has 0 atom stereocenters. The molecule has 3 rings (SSSR count). The molecule has 0 bridgehead atoms. The van der Waals surface area contributed by atoms with Crippen LogP contribution in [-0.4, -0.2) is 27.2 Å². The lowest BCUT2D eigenvalue weighted by Gasteiger charge is -2.20. The van der Waals surface area contributed by atoms with Crippen LogP contribution >= 0.6 is 0 Å². The number of hydrogen-bond donors (Lipinski definition) is 0. The van der Waals surface area contributed by atoms with Gasteiger partial charge >= 0.3 is 6.18 Å². The molecule has 0 N–H and O–H groups in total. The van der Waals surface area contributed by atoms with Crippen molar-refractivity contribution in [3.8, 4) is 0 Å². The molecule has 1 amide bonds. The van der Waals surface area contributed by atoms with Gasteiger partial charge in [0.15, 0.2) is 0 Å². The van der Waals surface area contributed by atoms with Crippen molar-refractivity contribution < 1.29 is 18.0 Å². The van der Waals surface area contributed by atoms with Gasteiger partial charge in [-0.2, -0.15) is 13.2 Å². The van der Waals surface area contributed by atoms with Gasteiger partial charge in [-0.1, -0.05) is 24.3 Å². The summed E-state index contributed by atoms with van der Waals surface area (Å²) in [7, 11) is 1.35. The highest BCUT2D eigenvalue weighted by atomic mass is 19.4. The zero-order chi connectivity index (χ0) is 19.8. The smallest absolute Gasteiger partial charge is 0.337 e. The highest BCUT2D eigenvalue weighted by molar-refractivity contribution is 5.93. The molecule has 3 aromatic rings. The molecular formula is C19H16F3N3O2. The van der Waals surface area contributed by atoms with Crippen LogP contribution in [0.3, 0.4) is 0 Å². The molecule has 2 aromatic heterocycles. The molecule has 8 heteroatoms. The van der Waals surface area contributed by atoms with E-state index in [2.05, 4.69) is 4.98 Å². The van der Waals surface area contributed by atoms with Crippen LogP contribution < -0.4 is 5.56 Å². The summed E-state index contributed by atoms with van der Waals surface area (Å²) in [6.07, 6.45) is -1.82. The largest absolute Gasteiger partial charge is 0.416 e. The summed E-state index contributed by atoms with van der Waals surface area (Å²) in [6.45, 7) is 1.51. The normalized spacial score (nSPS) is 11.6. The van der Waals surface area contributed by atoms with Crippen LogP contribution in [0.2, 0.25) is 0 Å². The number of hydrogen-bond acceptors (Lipinski definition) is 3. The third-order valence-corrected chi connectivity index (χ3v) is 4.16. The van der Waals surface area contributed by atoms with Crippen molar-refractivity contribution in [2.24, 2.45) is 0 Å². The minimum absolute atomic E-state index is 0.0504. The fraction of sp³-hybridized carbons (Fsp3) is 0.211. The van der Waals surface area contributed by atoms with Crippen molar-refractivity contribution in [2.75, 3.05) is 7.05 Å². The van der Waals surface area contributed by atoms with Crippen LogP contribution in [0.15, 0.2) is 53.6 Å². The molecule has 0 aliphatic rings. The number of halogens is 3. The van der Waals surface area contributed by atoms with Crippen LogP contribution in [0.25, 0.3) is 5.65 Å². The Morgan fingerprint density at radius 2 is 1.89 bits per heavy atom. The number of benzene rings is 1. The van der Waals surface area contributed by atoms with E-state index < -0.39 is 23.2 Å². The molecule has 1 aromatic carbocycles. The lowest BCUT2D eigenvalue weighted by atomic mass is 10.1. The predicted molar refractivity (Wildman–Crippen MR) is 93.4 cm³/mol. The molecule has 0 fully saturated rings. The Labute approximate surface area is 152 Å². The van der Waals surface area contributed by atoms with Gasteiger partial charge in [0.1, 0.15) is 11.2 Å². The maximum atomic E-state index is 13.1. The third kappa shape index (κ3) is 3.69. The summed E-state index contributed by atoms with van der Waals surface area (Å²) in [5, 5.41) is 0. The highest BCUT2D eigenvalue weighted by Gasteiger charge is 2.33. The maximum Gasteiger partial charge on any atom is 0.416 e. The Kier molecular flexibility index (Phi) is 4.73. The van der Waals surface area contributed by atoms with Gasteiger partial charge in [0.2, 0.25) is 0 Å². The fourth-order valence-corrected chi connectivity index (χ4v) is 2.80. The van der Waals surface area contributed by atoms with Gasteiger partial charge in [0.25, 0.3) is 11.5 Å². The second kappa shape index (κ2) is 6.86. The van der Waals surface area contributed by atoms with Crippen LogP contribution in [-0.2, 0) is 12.7 Å². The number of alkyl halides is 3. The van der Waals surface area contributed by atoms with Crippen LogP contribution in [0.5, 0.6) is 0 Å². The summed E-state index contributed by atoms with van der Waals surface area (Å²) in [5.74, 6) is -0.694. The Morgan fingerprint density at radius 1 is 1.19 bits per heavy atom. The van der Waals surface area contributed by atoms with Crippen molar-refractivity contribution in [1.82, 2.24) is 14.3 Å². The number of rotatable bonds is 3. The van der Waals surface area contributed by atoms with E-state index in [1.54, 1.807) is 25.3 Å². The predicted octanol–water partition coefficient (Wildman–Crippen LogP) is 3.29. The molecule has 2 heterocycles. The van der Waals surface area contributed by atoms with E-state index in [1.807, 2.05) is 0 Å². The SMILES string of the molecule is Cc1ccc2ncc(C(=O)N(C)Cc3ccccc3C(F)(F)F)c(=O)n2c1. The molecule has 0 aliphatic carbocycles. The molecule has 0 aliphatic heterocycles. The van der Waals surface area contributed by atoms with Crippen molar-refractivity contribution >= 4 is 11.6 Å². The Hall–Kier alpha value is -3.16. The van der Waals surface area contributed by atoms with E-state index in [0.29, 0.717) is 5.65 Å². The van der Waals surface area contributed by atoms with Gasteiger partial charge < -0.3 is 4.90 Å². The molecule has 0 saturated carbocycles. The van der Waals surface area contributed by atoms with Gasteiger partial charge in [0, 0.05) is 26.0 Å². The molecule has 27 heavy (non-hydrogen) atoms. The summed E-state index contributed by atoms with van der Waals surface area (Å²) in [6, 6.07) is 8.45. The van der Waals surface area contributed by atoms with E-state index in [9.17, 15) is 22.8 Å². The second-order valence-corrected chi connectivity index (χ2v) is 6.23. The van der Waals surface area contributed by atoms with E-state index in [4.69, 9.17) is 0 Å². The number of aryl methyl sites for hydroxylation is 1. The number of fused-ring (bicyclic) bond motifs is 1. The van der Waals surface area contributed by atoms with Crippen LogP contribution in [0.4, 0.5) is 13.2 Å². The fourth-order valence-electron chi connectivity index (χ4n) is 2.80. The summed E-state index contributed by atoms with van der Waals surface area (Å²) in [5.41, 5.74) is -0.440. The van der Waals surface area contributed by atoms with E-state index in [0.717, 1.165) is 22.7 Å². The molecule has 0 saturated heterocycles. The number of nitrogens with zero attached hydrogens (tertiary/aromatic N) is 3. The quantitative estimate of drug-likeness (QED) is 0.706. The maximum absolute atomic E-state index is 13.1. The van der Waals surface area contributed by atoms with Crippen molar-refractivity contribution in [1.29, 1.82) is 0 Å². The van der Waals surface area contributed by atoms with Gasteiger partial charge in [-0.05, 0) is 30.2 Å². The first-order valence-corrected chi connectivity index (χ1v) is 8.07. The molecular weight excluding hydrogens is 359 g/mol. The zero-order valence-corrected chi connectivity index (χ0v) is 14.6. The highest BCUT2D eigenvalue weighted by Crippen LogP contribution is 2.32. The topological polar surface area (TPSA) is 54.7 Å². The molecule has 0 unspecified atom stereocenters. The Morgan fingerprint density at radius 3 is 2.59 bits per heavy atom. The number of carbonyl (C=O) groups is 1. The van der Waals surface area contributed by atoms with Crippen molar-refractivity contribution in [2.45, 2.75) is 19.6 Å². The first-order chi connectivity index (χ1) is 12.7. The van der Waals surface area contributed by atoms with Gasteiger partial charge in [-0.15, -0.1) is 0 Å². The molecule has 140 valence electrons. The number of amides is 1. The first kappa shape index (κ1) is 18.6. The zero-order valence-electron chi connectivity index (χ0n) is 14.6. The molecule has 0 radical (unpaired) electrons. The van der Waals surface area contributed by atoms with Gasteiger partial charge in [-0.3, -0.25) is 14.0 Å². The Bertz CT molecular complexity index is 1070. The van der Waals surface area contributed by atoms with Gasteiger partial charge in [0.05, 0.1) is 5.56 Å². The standard InChI is InChI=1S/C19H16F3N3O2/c1-12-7-8-16-23-9-14(18(27)25(16)10-12)17(26)24(2)11-13-5-3-4-6-15(13)19(20,21)22/h3-10H,11H2,1-2H3. The molecule has 0 spiro atoms. The first-order valence-electron chi connectivity index (χ1n) is 8.07. The number of aromatic nitrogens is 2. The summed E-state index contributed by atoms with van der Waals surface area (Å²) in [4.78, 5) is 30.4. The lowest BCUT2D eigenvalue weighted by Crippen LogP contribution is -2.33. The Balaban J connectivity index is 1.95. The summed E-state index contributed by atoms with van der Waals surface area (Å²) < 4.78 is 40.6. The van der Waals surface area contributed by atoms with E-state index in [1.165, 1.54) is 29.6 Å². The molecule has 5 nitrogen and oxygen atoms in total. The average Bonchev–Trinajstić information content (AvgIpc) is 2.61. The van der Waals surface area contributed by atoms with Crippen LogP contribution in [0, 0.1) is 6.92 Å². The van der Waals surface area contributed by atoms with E-state index in [-0.39, 0.29) is 17.7 Å². The lowest BCUT2D eigenvalue weighted by molar-refractivity contribution is -0.138.